The van der Waals surface area contributed by atoms with E-state index in [-0.39, 0.29) is 17.9 Å². The van der Waals surface area contributed by atoms with Crippen molar-refractivity contribution >= 4 is 15.7 Å². The highest BCUT2D eigenvalue weighted by Gasteiger charge is 2.60. The third kappa shape index (κ3) is 2.71. The van der Waals surface area contributed by atoms with Crippen LogP contribution in [0.4, 0.5) is 10.1 Å². The van der Waals surface area contributed by atoms with E-state index in [4.69, 9.17) is 0 Å². The Kier molecular flexibility index (Phi) is 4.27. The maximum atomic E-state index is 16.4. The van der Waals surface area contributed by atoms with Crippen molar-refractivity contribution in [2.24, 2.45) is 0 Å². The number of hydrogen-bond donors (Lipinski definition) is 0. The Bertz CT molecular complexity index is 1210. The molecule has 0 bridgehead atoms. The zero-order chi connectivity index (χ0) is 21.1. The molecule has 0 amide bonds. The van der Waals surface area contributed by atoms with Crippen LogP contribution in [0.1, 0.15) is 17.5 Å². The number of sulfonamides is 1. The minimum Gasteiger partial charge on any atom is -0.355 e. The van der Waals surface area contributed by atoms with Gasteiger partial charge in [-0.05, 0) is 42.3 Å². The summed E-state index contributed by atoms with van der Waals surface area (Å²) in [5.74, 6) is 0. The van der Waals surface area contributed by atoms with E-state index in [1.165, 1.54) is 4.31 Å². The number of halogens is 1. The summed E-state index contributed by atoms with van der Waals surface area (Å²) in [6.07, 6.45) is -0.747. The molecule has 0 aromatic heterocycles. The fraction of sp³-hybridized carbons (Fsp3) is 0.250. The number of benzene rings is 3. The summed E-state index contributed by atoms with van der Waals surface area (Å²) in [5, 5.41) is 0. The third-order valence-electron chi connectivity index (χ3n) is 6.30. The smallest absolute Gasteiger partial charge is 0.244 e. The second-order valence-corrected chi connectivity index (χ2v) is 10.0. The lowest BCUT2D eigenvalue weighted by Crippen LogP contribution is -2.49. The van der Waals surface area contributed by atoms with Gasteiger partial charge in [-0.2, -0.15) is 4.31 Å². The summed E-state index contributed by atoms with van der Waals surface area (Å²) < 4.78 is 44.5. The fourth-order valence-electron chi connectivity index (χ4n) is 4.74. The molecule has 3 aromatic rings. The molecular weight excluding hydrogens is 399 g/mol. The van der Waals surface area contributed by atoms with Crippen LogP contribution in [0.5, 0.6) is 0 Å². The van der Waals surface area contributed by atoms with Crippen LogP contribution in [0.2, 0.25) is 0 Å². The third-order valence-corrected chi connectivity index (χ3v) is 8.17. The Labute approximate surface area is 176 Å². The molecule has 0 spiro atoms. The summed E-state index contributed by atoms with van der Waals surface area (Å²) in [7, 11) is -2.04. The zero-order valence-electron chi connectivity index (χ0n) is 16.9. The minimum atomic E-state index is -3.81. The molecule has 2 aliphatic rings. The summed E-state index contributed by atoms with van der Waals surface area (Å²) >= 11 is 0. The number of fused-ring (bicyclic) bond motifs is 3. The lowest BCUT2D eigenvalue weighted by molar-refractivity contribution is 0.138. The van der Waals surface area contributed by atoms with Gasteiger partial charge in [0.15, 0.2) is 5.67 Å². The van der Waals surface area contributed by atoms with E-state index in [0.717, 1.165) is 22.4 Å². The van der Waals surface area contributed by atoms with Crippen LogP contribution in [0.25, 0.3) is 11.1 Å². The lowest BCUT2D eigenvalue weighted by Gasteiger charge is -2.31. The molecule has 0 unspecified atom stereocenters. The van der Waals surface area contributed by atoms with Gasteiger partial charge in [0.1, 0.15) is 6.17 Å². The predicted molar refractivity (Wildman–Crippen MR) is 117 cm³/mol. The number of alkyl halides is 1. The predicted octanol–water partition coefficient (Wildman–Crippen LogP) is 4.70. The lowest BCUT2D eigenvalue weighted by atomic mass is 9.92. The van der Waals surface area contributed by atoms with Gasteiger partial charge in [-0.25, -0.2) is 12.8 Å². The molecule has 2 atom stereocenters. The van der Waals surface area contributed by atoms with E-state index in [9.17, 15) is 8.42 Å². The Morgan fingerprint density at radius 3 is 2.37 bits per heavy atom. The monoisotopic (exact) mass is 422 g/mol. The van der Waals surface area contributed by atoms with E-state index >= 15 is 4.39 Å². The molecule has 2 heterocycles. The van der Waals surface area contributed by atoms with Gasteiger partial charge in [0.2, 0.25) is 10.0 Å². The van der Waals surface area contributed by atoms with Crippen molar-refractivity contribution in [2.45, 2.75) is 30.1 Å². The molecule has 0 N–H and O–H groups in total. The van der Waals surface area contributed by atoms with Gasteiger partial charge in [-0.1, -0.05) is 54.1 Å². The van der Waals surface area contributed by atoms with Gasteiger partial charge in [0.25, 0.3) is 0 Å². The molecule has 30 heavy (non-hydrogen) atoms. The Morgan fingerprint density at radius 1 is 0.967 bits per heavy atom. The van der Waals surface area contributed by atoms with Crippen LogP contribution in [-0.2, 0) is 15.7 Å². The largest absolute Gasteiger partial charge is 0.355 e. The van der Waals surface area contributed by atoms with Crippen LogP contribution in [0, 0.1) is 6.92 Å². The fourth-order valence-corrected chi connectivity index (χ4v) is 6.40. The molecule has 0 radical (unpaired) electrons. The van der Waals surface area contributed by atoms with Gasteiger partial charge >= 0.3 is 0 Å². The molecule has 1 fully saturated rings. The van der Waals surface area contributed by atoms with Crippen molar-refractivity contribution in [2.75, 3.05) is 18.5 Å². The average molecular weight is 423 g/mol. The first-order valence-electron chi connectivity index (χ1n) is 10.0. The summed E-state index contributed by atoms with van der Waals surface area (Å²) in [4.78, 5) is 1.97. The van der Waals surface area contributed by atoms with E-state index in [1.54, 1.807) is 36.2 Å². The quantitative estimate of drug-likeness (QED) is 0.614. The number of likely N-dealkylation sites (N-methyl/N-ethyl adjacent to an activating group) is 1. The maximum absolute atomic E-state index is 16.4. The second kappa shape index (κ2) is 6.65. The first kappa shape index (κ1) is 19.3. The molecule has 6 heteroatoms. The van der Waals surface area contributed by atoms with Crippen molar-refractivity contribution < 1.29 is 12.8 Å². The Hall–Kier alpha value is -2.70. The SMILES string of the molecule is Cc1ccc(S(=O)(=O)N2CC[C@@]3(F)c4cc(-c5ccccc5)ccc4N(C)[C@@H]23)cc1. The van der Waals surface area contributed by atoms with Crippen molar-refractivity contribution in [3.8, 4) is 11.1 Å². The molecule has 154 valence electrons. The number of anilines is 1. The van der Waals surface area contributed by atoms with E-state index < -0.39 is 21.9 Å². The number of rotatable bonds is 3. The van der Waals surface area contributed by atoms with Gasteiger partial charge in [-0.3, -0.25) is 0 Å². The summed E-state index contributed by atoms with van der Waals surface area (Å²) in [5.41, 5.74) is 2.49. The zero-order valence-corrected chi connectivity index (χ0v) is 17.7. The number of hydrogen-bond acceptors (Lipinski definition) is 3. The molecule has 3 aromatic carbocycles. The van der Waals surface area contributed by atoms with Gasteiger partial charge < -0.3 is 4.90 Å². The molecule has 4 nitrogen and oxygen atoms in total. The first-order chi connectivity index (χ1) is 14.3. The van der Waals surface area contributed by atoms with Crippen molar-refractivity contribution in [3.63, 3.8) is 0 Å². The minimum absolute atomic E-state index is 0.137. The summed E-state index contributed by atoms with van der Waals surface area (Å²) in [6.45, 7) is 2.06. The maximum Gasteiger partial charge on any atom is 0.244 e. The van der Waals surface area contributed by atoms with E-state index in [1.807, 2.05) is 55.5 Å². The Morgan fingerprint density at radius 2 is 1.67 bits per heavy atom. The van der Waals surface area contributed by atoms with Crippen LogP contribution in [-0.4, -0.2) is 32.5 Å². The highest BCUT2D eigenvalue weighted by Crippen LogP contribution is 2.54. The standard InChI is InChI=1S/C24H23FN2O2S/c1-17-8-11-20(12-9-17)30(28,29)27-15-14-24(25)21-16-19(18-6-4-3-5-7-18)10-13-22(21)26(2)23(24)27/h3-13,16,23H,14-15H2,1-2H3/t23-,24+/m0/s1. The van der Waals surface area contributed by atoms with Gasteiger partial charge in [0, 0.05) is 31.3 Å². The second-order valence-electron chi connectivity index (χ2n) is 8.12. The molecular formula is C24H23FN2O2S. The van der Waals surface area contributed by atoms with E-state index in [0.29, 0.717) is 5.56 Å². The van der Waals surface area contributed by atoms with Crippen LogP contribution >= 0.6 is 0 Å². The van der Waals surface area contributed by atoms with Crippen molar-refractivity contribution in [1.29, 1.82) is 0 Å². The van der Waals surface area contributed by atoms with Gasteiger partial charge in [0.05, 0.1) is 4.90 Å². The summed E-state index contributed by atoms with van der Waals surface area (Å²) in [6, 6.07) is 22.3. The highest BCUT2D eigenvalue weighted by atomic mass is 32.2. The van der Waals surface area contributed by atoms with Crippen LogP contribution in [0.3, 0.4) is 0 Å². The first-order valence-corrected chi connectivity index (χ1v) is 11.5. The van der Waals surface area contributed by atoms with Crippen molar-refractivity contribution in [3.05, 3.63) is 83.9 Å². The Balaban J connectivity index is 1.57. The highest BCUT2D eigenvalue weighted by molar-refractivity contribution is 7.89. The van der Waals surface area contributed by atoms with Crippen molar-refractivity contribution in [1.82, 2.24) is 4.31 Å². The molecule has 1 saturated heterocycles. The number of aryl methyl sites for hydroxylation is 1. The molecule has 5 rings (SSSR count). The number of nitrogens with zero attached hydrogens (tertiary/aromatic N) is 2. The van der Waals surface area contributed by atoms with Crippen LogP contribution in [0.15, 0.2) is 77.7 Å². The average Bonchev–Trinajstić information content (AvgIpc) is 3.22. The molecule has 2 aliphatic heterocycles. The normalized spacial score (nSPS) is 23.4. The van der Waals surface area contributed by atoms with Gasteiger partial charge in [-0.15, -0.1) is 0 Å². The molecule has 0 aliphatic carbocycles. The van der Waals surface area contributed by atoms with Crippen LogP contribution < -0.4 is 4.90 Å². The molecule has 0 saturated carbocycles. The van der Waals surface area contributed by atoms with E-state index in [2.05, 4.69) is 0 Å². The topological polar surface area (TPSA) is 40.6 Å².